The van der Waals surface area contributed by atoms with Crippen molar-refractivity contribution in [3.05, 3.63) is 0 Å². The predicted octanol–water partition coefficient (Wildman–Crippen LogP) is 2.67. The molecule has 3 rings (SSSR count). The second-order valence-corrected chi connectivity index (χ2v) is 6.49. The van der Waals surface area contributed by atoms with Crippen molar-refractivity contribution in [1.82, 2.24) is 4.90 Å². The van der Waals surface area contributed by atoms with Crippen LogP contribution in [0.1, 0.15) is 32.1 Å². The van der Waals surface area contributed by atoms with Gasteiger partial charge in [0.25, 0.3) is 0 Å². The lowest BCUT2D eigenvalue weighted by atomic mass is 9.96. The summed E-state index contributed by atoms with van der Waals surface area (Å²) < 4.78 is 0. The molecule has 2 saturated carbocycles. The Morgan fingerprint density at radius 1 is 1.12 bits per heavy atom. The van der Waals surface area contributed by atoms with Gasteiger partial charge in [0.15, 0.2) is 0 Å². The van der Waals surface area contributed by atoms with E-state index in [9.17, 15) is 4.79 Å². The molecule has 90 valence electrons. The highest BCUT2D eigenvalue weighted by molar-refractivity contribution is 9.09. The van der Waals surface area contributed by atoms with E-state index in [-0.39, 0.29) is 0 Å². The lowest BCUT2D eigenvalue weighted by Crippen LogP contribution is -2.41. The zero-order valence-electron chi connectivity index (χ0n) is 9.70. The number of halogens is 1. The number of carbonyl (C=O) groups is 1. The first-order chi connectivity index (χ1) is 7.78. The highest BCUT2D eigenvalue weighted by atomic mass is 79.9. The highest BCUT2D eigenvalue weighted by Gasteiger charge is 2.48. The molecule has 0 radical (unpaired) electrons. The van der Waals surface area contributed by atoms with Crippen molar-refractivity contribution in [3.63, 3.8) is 0 Å². The first kappa shape index (κ1) is 11.1. The molecule has 0 aromatic carbocycles. The van der Waals surface area contributed by atoms with E-state index in [1.165, 1.54) is 32.1 Å². The number of amides is 1. The van der Waals surface area contributed by atoms with Gasteiger partial charge in [-0.1, -0.05) is 15.9 Å². The summed E-state index contributed by atoms with van der Waals surface area (Å²) in [5.41, 5.74) is 0. The van der Waals surface area contributed by atoms with Crippen molar-refractivity contribution in [2.24, 2.45) is 23.7 Å². The third-order valence-electron chi connectivity index (χ3n) is 4.74. The van der Waals surface area contributed by atoms with Gasteiger partial charge >= 0.3 is 0 Å². The van der Waals surface area contributed by atoms with Crippen molar-refractivity contribution in [2.45, 2.75) is 32.1 Å². The van der Waals surface area contributed by atoms with Crippen molar-refractivity contribution in [1.29, 1.82) is 0 Å². The molecule has 2 atom stereocenters. The van der Waals surface area contributed by atoms with Crippen LogP contribution in [0.5, 0.6) is 0 Å². The first-order valence-electron chi connectivity index (χ1n) is 6.62. The van der Waals surface area contributed by atoms with Crippen molar-refractivity contribution >= 4 is 21.8 Å². The Hall–Kier alpha value is -0.0500. The maximum atomic E-state index is 12.3. The second-order valence-electron chi connectivity index (χ2n) is 5.85. The lowest BCUT2D eigenvalue weighted by Gasteiger charge is -2.33. The first-order valence-corrected chi connectivity index (χ1v) is 7.75. The van der Waals surface area contributed by atoms with Gasteiger partial charge in [0.1, 0.15) is 0 Å². The molecule has 3 heteroatoms. The van der Waals surface area contributed by atoms with Crippen molar-refractivity contribution < 1.29 is 4.79 Å². The molecule has 1 aliphatic heterocycles. The fourth-order valence-electron chi connectivity index (χ4n) is 3.48. The van der Waals surface area contributed by atoms with E-state index in [1.54, 1.807) is 0 Å². The molecule has 16 heavy (non-hydrogen) atoms. The van der Waals surface area contributed by atoms with Gasteiger partial charge < -0.3 is 4.90 Å². The van der Waals surface area contributed by atoms with Gasteiger partial charge in [0.05, 0.1) is 0 Å². The summed E-state index contributed by atoms with van der Waals surface area (Å²) in [4.78, 5) is 14.4. The van der Waals surface area contributed by atoms with E-state index >= 15 is 0 Å². The molecule has 0 N–H and O–H groups in total. The minimum atomic E-state index is 0.393. The summed E-state index contributed by atoms with van der Waals surface area (Å²) >= 11 is 3.54. The zero-order chi connectivity index (χ0) is 11.1. The van der Waals surface area contributed by atoms with Gasteiger partial charge in [-0.3, -0.25) is 4.79 Å². The van der Waals surface area contributed by atoms with E-state index in [0.717, 1.165) is 36.2 Å². The summed E-state index contributed by atoms with van der Waals surface area (Å²) in [7, 11) is 0. The number of piperidine rings is 1. The van der Waals surface area contributed by atoms with Crippen LogP contribution in [0, 0.1) is 23.7 Å². The molecule has 2 aliphatic carbocycles. The molecule has 2 unspecified atom stereocenters. The maximum Gasteiger partial charge on any atom is 0.225 e. The van der Waals surface area contributed by atoms with Gasteiger partial charge in [-0.05, 0) is 49.9 Å². The summed E-state index contributed by atoms with van der Waals surface area (Å²) in [6, 6.07) is 0. The largest absolute Gasteiger partial charge is 0.342 e. The molecule has 2 nitrogen and oxygen atoms in total. The Balaban J connectivity index is 1.51. The molecule has 0 aromatic rings. The molecule has 1 saturated heterocycles. The third kappa shape index (κ3) is 2.03. The zero-order valence-corrected chi connectivity index (χ0v) is 11.3. The van der Waals surface area contributed by atoms with Gasteiger partial charge in [0, 0.05) is 24.3 Å². The fraction of sp³-hybridized carbons (Fsp3) is 0.923. The number of alkyl halides is 1. The number of carbonyl (C=O) groups excluding carboxylic acids is 1. The molecule has 0 aromatic heterocycles. The highest BCUT2D eigenvalue weighted by Crippen LogP contribution is 2.54. The standard InChI is InChI=1S/C13H20BrNO/c14-8-9-1-3-15(4-2-9)13(16)12-6-10-5-11(10)7-12/h9-12H,1-8H2. The molecule has 3 aliphatic rings. The fourth-order valence-corrected chi connectivity index (χ4v) is 4.13. The SMILES string of the molecule is O=C(C1CC2CC2C1)N1CCC(CBr)CC1. The van der Waals surface area contributed by atoms with Gasteiger partial charge in [-0.25, -0.2) is 0 Å². The Kier molecular flexibility index (Phi) is 2.99. The molecule has 0 spiro atoms. The Bertz CT molecular complexity index is 276. The topological polar surface area (TPSA) is 20.3 Å². The van der Waals surface area contributed by atoms with E-state index in [2.05, 4.69) is 20.8 Å². The average molecular weight is 286 g/mol. The molecule has 1 amide bonds. The Morgan fingerprint density at radius 3 is 2.31 bits per heavy atom. The predicted molar refractivity (Wildman–Crippen MR) is 67.4 cm³/mol. The average Bonchev–Trinajstić information content (AvgIpc) is 2.95. The van der Waals surface area contributed by atoms with Crippen LogP contribution >= 0.6 is 15.9 Å². The quantitative estimate of drug-likeness (QED) is 0.715. The Morgan fingerprint density at radius 2 is 1.75 bits per heavy atom. The minimum Gasteiger partial charge on any atom is -0.342 e. The molecule has 0 bridgehead atoms. The second kappa shape index (κ2) is 4.32. The van der Waals surface area contributed by atoms with Crippen LogP contribution in [-0.2, 0) is 4.79 Å². The summed E-state index contributed by atoms with van der Waals surface area (Å²) in [6.45, 7) is 2.00. The van der Waals surface area contributed by atoms with Crippen LogP contribution in [0.3, 0.4) is 0 Å². The van der Waals surface area contributed by atoms with Crippen LogP contribution in [0.25, 0.3) is 0 Å². The molecular formula is C13H20BrNO. The third-order valence-corrected chi connectivity index (χ3v) is 5.65. The van der Waals surface area contributed by atoms with Gasteiger partial charge in [-0.15, -0.1) is 0 Å². The van der Waals surface area contributed by atoms with Crippen LogP contribution in [0.15, 0.2) is 0 Å². The number of hydrogen-bond donors (Lipinski definition) is 0. The summed E-state index contributed by atoms with van der Waals surface area (Å²) in [6.07, 6.45) is 6.19. The summed E-state index contributed by atoms with van der Waals surface area (Å²) in [5, 5.41) is 1.10. The number of likely N-dealkylation sites (tertiary alicyclic amines) is 1. The number of nitrogens with zero attached hydrogens (tertiary/aromatic N) is 1. The van der Waals surface area contributed by atoms with E-state index in [1.807, 2.05) is 0 Å². The normalized spacial score (nSPS) is 38.6. The van der Waals surface area contributed by atoms with Crippen LogP contribution in [-0.4, -0.2) is 29.2 Å². The van der Waals surface area contributed by atoms with E-state index in [4.69, 9.17) is 0 Å². The number of rotatable bonds is 2. The van der Waals surface area contributed by atoms with Gasteiger partial charge in [0.2, 0.25) is 5.91 Å². The van der Waals surface area contributed by atoms with Crippen LogP contribution in [0.4, 0.5) is 0 Å². The summed E-state index contributed by atoms with van der Waals surface area (Å²) in [5.74, 6) is 3.51. The van der Waals surface area contributed by atoms with Crippen LogP contribution in [0.2, 0.25) is 0 Å². The van der Waals surface area contributed by atoms with E-state index < -0.39 is 0 Å². The van der Waals surface area contributed by atoms with E-state index in [0.29, 0.717) is 11.8 Å². The van der Waals surface area contributed by atoms with Crippen molar-refractivity contribution in [3.8, 4) is 0 Å². The van der Waals surface area contributed by atoms with Crippen molar-refractivity contribution in [2.75, 3.05) is 18.4 Å². The maximum absolute atomic E-state index is 12.3. The van der Waals surface area contributed by atoms with Crippen LogP contribution < -0.4 is 0 Å². The number of fused-ring (bicyclic) bond motifs is 1. The minimum absolute atomic E-state index is 0.393. The smallest absolute Gasteiger partial charge is 0.225 e. The molecule has 1 heterocycles. The van der Waals surface area contributed by atoms with Gasteiger partial charge in [-0.2, -0.15) is 0 Å². The molecular weight excluding hydrogens is 266 g/mol. The lowest BCUT2D eigenvalue weighted by molar-refractivity contribution is -0.137. The number of hydrogen-bond acceptors (Lipinski definition) is 1. The molecule has 3 fully saturated rings. The monoisotopic (exact) mass is 285 g/mol. The Labute approximate surface area is 106 Å².